The lowest BCUT2D eigenvalue weighted by molar-refractivity contribution is -0.160. The van der Waals surface area contributed by atoms with E-state index in [1.54, 1.807) is 19.1 Å². The maximum atomic E-state index is 13.2. The molecule has 10 heteroatoms. The summed E-state index contributed by atoms with van der Waals surface area (Å²) < 4.78 is 23.6. The van der Waals surface area contributed by atoms with Gasteiger partial charge in [0.05, 0.1) is 16.5 Å². The molecule has 2 atom stereocenters. The van der Waals surface area contributed by atoms with Gasteiger partial charge in [-0.25, -0.2) is 18.2 Å². The van der Waals surface area contributed by atoms with E-state index in [9.17, 15) is 28.2 Å². The van der Waals surface area contributed by atoms with Crippen molar-refractivity contribution in [3.05, 3.63) is 40.9 Å². The van der Waals surface area contributed by atoms with Gasteiger partial charge in [0.25, 0.3) is 0 Å². The Labute approximate surface area is 191 Å². The van der Waals surface area contributed by atoms with Crippen LogP contribution in [0.3, 0.4) is 0 Å². The fraction of sp³-hybridized carbons (Fsp3) is 0.500. The summed E-state index contributed by atoms with van der Waals surface area (Å²) in [5.74, 6) is -1.78. The minimum atomic E-state index is -3.34. The van der Waals surface area contributed by atoms with Gasteiger partial charge in [0.1, 0.15) is 0 Å². The van der Waals surface area contributed by atoms with E-state index in [2.05, 4.69) is 10.3 Å². The van der Waals surface area contributed by atoms with Gasteiger partial charge in [-0.1, -0.05) is 44.7 Å². The van der Waals surface area contributed by atoms with E-state index < -0.39 is 27.3 Å². The van der Waals surface area contributed by atoms with Crippen LogP contribution < -0.4 is 5.32 Å². The number of aromatic nitrogens is 1. The van der Waals surface area contributed by atoms with Crippen molar-refractivity contribution in [3.63, 3.8) is 0 Å². The number of hydrogen-bond acceptors (Lipinski definition) is 7. The molecule has 2 unspecified atom stereocenters. The number of aliphatic carboxylic acids is 1. The van der Waals surface area contributed by atoms with Crippen molar-refractivity contribution in [1.29, 1.82) is 0 Å². The number of rotatable bonds is 9. The van der Waals surface area contributed by atoms with Crippen molar-refractivity contribution in [2.24, 2.45) is 5.92 Å². The van der Waals surface area contributed by atoms with E-state index in [4.69, 9.17) is 0 Å². The molecule has 174 valence electrons. The number of anilines is 1. The van der Waals surface area contributed by atoms with Crippen LogP contribution in [0, 0.1) is 5.92 Å². The summed E-state index contributed by atoms with van der Waals surface area (Å²) in [6, 6.07) is 6.36. The molecule has 0 saturated heterocycles. The summed E-state index contributed by atoms with van der Waals surface area (Å²) in [7, 11) is -3.34. The van der Waals surface area contributed by atoms with Gasteiger partial charge in [0, 0.05) is 11.6 Å². The van der Waals surface area contributed by atoms with E-state index in [0.717, 1.165) is 43.3 Å². The van der Waals surface area contributed by atoms with Crippen LogP contribution in [0.4, 0.5) is 5.13 Å². The van der Waals surface area contributed by atoms with E-state index in [0.29, 0.717) is 17.9 Å². The number of carboxylic acids is 1. The SMILES string of the molecule is CCC(O)(C(=O)O)c1csc(NC(=O)C(CC2CCCC2)c2ccc(S(C)(=O)=O)cc2)n1. The van der Waals surface area contributed by atoms with Gasteiger partial charge in [-0.2, -0.15) is 0 Å². The van der Waals surface area contributed by atoms with E-state index in [1.807, 2.05) is 0 Å². The highest BCUT2D eigenvalue weighted by molar-refractivity contribution is 7.90. The molecule has 1 saturated carbocycles. The third-order valence-electron chi connectivity index (χ3n) is 6.09. The Kier molecular flexibility index (Phi) is 7.36. The minimum absolute atomic E-state index is 0.0161. The maximum Gasteiger partial charge on any atom is 0.342 e. The number of carbonyl (C=O) groups excluding carboxylic acids is 1. The zero-order valence-electron chi connectivity index (χ0n) is 18.1. The molecule has 1 aliphatic carbocycles. The predicted octanol–water partition coefficient (Wildman–Crippen LogP) is 3.53. The van der Waals surface area contributed by atoms with Crippen LogP contribution in [0.5, 0.6) is 0 Å². The van der Waals surface area contributed by atoms with Crippen molar-refractivity contribution in [1.82, 2.24) is 4.98 Å². The lowest BCUT2D eigenvalue weighted by atomic mass is 9.87. The topological polar surface area (TPSA) is 134 Å². The summed E-state index contributed by atoms with van der Waals surface area (Å²) in [5, 5.41) is 24.1. The van der Waals surface area contributed by atoms with Crippen LogP contribution in [0.15, 0.2) is 34.5 Å². The third kappa shape index (κ3) is 5.36. The maximum absolute atomic E-state index is 13.2. The monoisotopic (exact) mass is 480 g/mol. The molecule has 1 aromatic heterocycles. The molecule has 3 rings (SSSR count). The second-order valence-corrected chi connectivity index (χ2v) is 11.2. The first-order chi connectivity index (χ1) is 15.0. The van der Waals surface area contributed by atoms with Gasteiger partial charge in [0.2, 0.25) is 11.5 Å². The van der Waals surface area contributed by atoms with Gasteiger partial charge in [-0.15, -0.1) is 11.3 Å². The Hall–Kier alpha value is -2.30. The fourth-order valence-corrected chi connectivity index (χ4v) is 5.49. The Balaban J connectivity index is 1.84. The number of nitrogens with zero attached hydrogens (tertiary/aromatic N) is 1. The van der Waals surface area contributed by atoms with Crippen molar-refractivity contribution in [2.45, 2.75) is 61.9 Å². The first-order valence-corrected chi connectivity index (χ1v) is 13.3. The highest BCUT2D eigenvalue weighted by Gasteiger charge is 2.39. The van der Waals surface area contributed by atoms with Gasteiger partial charge in [0.15, 0.2) is 15.0 Å². The minimum Gasteiger partial charge on any atom is -0.479 e. The zero-order valence-corrected chi connectivity index (χ0v) is 19.7. The number of carbonyl (C=O) groups is 2. The van der Waals surface area contributed by atoms with Crippen LogP contribution in [-0.2, 0) is 25.0 Å². The lowest BCUT2D eigenvalue weighted by Gasteiger charge is -2.20. The molecule has 0 radical (unpaired) electrons. The molecule has 8 nitrogen and oxygen atoms in total. The average molecular weight is 481 g/mol. The van der Waals surface area contributed by atoms with Crippen LogP contribution in [-0.4, -0.2) is 41.7 Å². The van der Waals surface area contributed by atoms with Crippen molar-refractivity contribution in [2.75, 3.05) is 11.6 Å². The largest absolute Gasteiger partial charge is 0.479 e. The Morgan fingerprint density at radius 1 is 1.25 bits per heavy atom. The molecule has 2 aromatic rings. The molecule has 1 aliphatic rings. The van der Waals surface area contributed by atoms with Gasteiger partial charge < -0.3 is 15.5 Å². The second kappa shape index (κ2) is 9.68. The van der Waals surface area contributed by atoms with E-state index in [1.165, 1.54) is 17.5 Å². The number of hydrogen-bond donors (Lipinski definition) is 3. The van der Waals surface area contributed by atoms with Gasteiger partial charge >= 0.3 is 5.97 Å². The second-order valence-electron chi connectivity index (χ2n) is 8.33. The highest BCUT2D eigenvalue weighted by atomic mass is 32.2. The molecular weight excluding hydrogens is 452 g/mol. The van der Waals surface area contributed by atoms with Crippen LogP contribution >= 0.6 is 11.3 Å². The van der Waals surface area contributed by atoms with Crippen LogP contribution in [0.25, 0.3) is 0 Å². The number of sulfone groups is 1. The molecule has 3 N–H and O–H groups in total. The van der Waals surface area contributed by atoms with Gasteiger partial charge in [-0.05, 0) is 36.5 Å². The summed E-state index contributed by atoms with van der Waals surface area (Å²) in [5.41, 5.74) is -1.41. The Bertz CT molecular complexity index is 1070. The smallest absolute Gasteiger partial charge is 0.342 e. The number of aliphatic hydroxyl groups is 1. The van der Waals surface area contributed by atoms with E-state index >= 15 is 0 Å². The third-order valence-corrected chi connectivity index (χ3v) is 7.98. The Morgan fingerprint density at radius 3 is 2.41 bits per heavy atom. The highest BCUT2D eigenvalue weighted by Crippen LogP contribution is 2.36. The van der Waals surface area contributed by atoms with Crippen LogP contribution in [0.2, 0.25) is 0 Å². The molecule has 0 spiro atoms. The van der Waals surface area contributed by atoms with E-state index in [-0.39, 0.29) is 28.0 Å². The number of carboxylic acid groups (broad SMARTS) is 1. The number of thiazole rings is 1. The van der Waals surface area contributed by atoms with Gasteiger partial charge in [-0.3, -0.25) is 4.79 Å². The van der Waals surface area contributed by atoms with Crippen molar-refractivity contribution >= 4 is 38.2 Å². The summed E-state index contributed by atoms with van der Waals surface area (Å²) in [6.07, 6.45) is 6.08. The molecule has 1 aromatic carbocycles. The normalized spacial score (nSPS) is 17.6. The molecule has 1 amide bonds. The lowest BCUT2D eigenvalue weighted by Crippen LogP contribution is -2.35. The molecule has 1 fully saturated rings. The Morgan fingerprint density at radius 2 is 1.88 bits per heavy atom. The number of nitrogens with one attached hydrogen (secondary N) is 1. The van der Waals surface area contributed by atoms with Crippen molar-refractivity contribution in [3.8, 4) is 0 Å². The first-order valence-electron chi connectivity index (χ1n) is 10.6. The number of amides is 1. The van der Waals surface area contributed by atoms with Crippen molar-refractivity contribution < 1.29 is 28.2 Å². The molecule has 0 aliphatic heterocycles. The fourth-order valence-electron chi connectivity index (χ4n) is 4.08. The summed E-state index contributed by atoms with van der Waals surface area (Å²) in [4.78, 5) is 29.0. The predicted molar refractivity (Wildman–Crippen MR) is 121 cm³/mol. The molecule has 0 bridgehead atoms. The summed E-state index contributed by atoms with van der Waals surface area (Å²) in [6.45, 7) is 1.55. The molecule has 1 heterocycles. The number of benzene rings is 1. The first kappa shape index (κ1) is 24.3. The average Bonchev–Trinajstić information content (AvgIpc) is 3.43. The van der Waals surface area contributed by atoms with Crippen LogP contribution in [0.1, 0.15) is 62.6 Å². The molecule has 32 heavy (non-hydrogen) atoms. The standard InChI is InChI=1S/C22H28N2O6S2/c1-3-22(28,20(26)27)18-13-31-21(23-18)24-19(25)17(12-14-6-4-5-7-14)15-8-10-16(11-9-15)32(2,29)30/h8-11,13-14,17,28H,3-7,12H2,1-2H3,(H,26,27)(H,23,24,25). The quantitative estimate of drug-likeness (QED) is 0.500. The zero-order chi connectivity index (χ0) is 23.5. The molecular formula is C22H28N2O6S2. The summed E-state index contributed by atoms with van der Waals surface area (Å²) >= 11 is 1.05.